The molecule has 2 aromatic carbocycles. The summed E-state index contributed by atoms with van der Waals surface area (Å²) in [6.07, 6.45) is 2.49. The van der Waals surface area contributed by atoms with Gasteiger partial charge < -0.3 is 10.6 Å². The Kier molecular flexibility index (Phi) is 5.61. The molecule has 0 spiro atoms. The number of pyridine rings is 1. The van der Waals surface area contributed by atoms with Crippen molar-refractivity contribution in [3.63, 3.8) is 0 Å². The monoisotopic (exact) mass is 359 g/mol. The van der Waals surface area contributed by atoms with Crippen molar-refractivity contribution in [3.05, 3.63) is 83.6 Å². The third-order valence-corrected chi connectivity index (χ3v) is 4.21. The first kappa shape index (κ1) is 18.3. The Hall–Kier alpha value is -3.47. The zero-order valence-electron chi connectivity index (χ0n) is 15.3. The average Bonchev–Trinajstić information content (AvgIpc) is 2.69. The maximum absolute atomic E-state index is 12.3. The minimum atomic E-state index is -0.205. The van der Waals surface area contributed by atoms with E-state index in [9.17, 15) is 9.59 Å². The SMILES string of the molecule is CCc1ccc(NC(=O)c2ccc(Nc3ccc(C(C)=O)cc3)nc2)cc1. The molecule has 3 aromatic rings. The predicted molar refractivity (Wildman–Crippen MR) is 108 cm³/mol. The molecule has 0 atom stereocenters. The van der Waals surface area contributed by atoms with E-state index in [1.165, 1.54) is 18.7 Å². The summed E-state index contributed by atoms with van der Waals surface area (Å²) in [4.78, 5) is 27.9. The van der Waals surface area contributed by atoms with Crippen LogP contribution in [0.4, 0.5) is 17.2 Å². The number of carbonyl (C=O) groups is 2. The standard InChI is InChI=1S/C22H21N3O2/c1-3-16-4-9-20(10-5-16)25-22(27)18-8-13-21(23-14-18)24-19-11-6-17(7-12-19)15(2)26/h4-14H,3H2,1-2H3,(H,23,24)(H,25,27). The second kappa shape index (κ2) is 8.27. The molecule has 27 heavy (non-hydrogen) atoms. The highest BCUT2D eigenvalue weighted by Gasteiger charge is 2.07. The molecule has 136 valence electrons. The molecular formula is C22H21N3O2. The molecule has 0 bridgehead atoms. The van der Waals surface area contributed by atoms with Crippen LogP contribution < -0.4 is 10.6 Å². The van der Waals surface area contributed by atoms with E-state index in [-0.39, 0.29) is 11.7 Å². The molecule has 1 heterocycles. The lowest BCUT2D eigenvalue weighted by Crippen LogP contribution is -2.12. The van der Waals surface area contributed by atoms with Gasteiger partial charge >= 0.3 is 0 Å². The molecule has 0 saturated carbocycles. The van der Waals surface area contributed by atoms with Crippen LogP contribution in [-0.2, 0) is 6.42 Å². The lowest BCUT2D eigenvalue weighted by atomic mass is 10.1. The summed E-state index contributed by atoms with van der Waals surface area (Å²) in [5.41, 5.74) is 3.94. The van der Waals surface area contributed by atoms with Gasteiger partial charge in [0.15, 0.2) is 5.78 Å². The summed E-state index contributed by atoms with van der Waals surface area (Å²) >= 11 is 0. The lowest BCUT2D eigenvalue weighted by molar-refractivity contribution is 0.101. The summed E-state index contributed by atoms with van der Waals surface area (Å²) in [5, 5.41) is 6.01. The van der Waals surface area contributed by atoms with Gasteiger partial charge in [0.05, 0.1) is 5.56 Å². The highest BCUT2D eigenvalue weighted by atomic mass is 16.1. The fourth-order valence-electron chi connectivity index (χ4n) is 2.57. The number of hydrogen-bond acceptors (Lipinski definition) is 4. The van der Waals surface area contributed by atoms with Crippen molar-refractivity contribution in [1.29, 1.82) is 0 Å². The van der Waals surface area contributed by atoms with E-state index in [4.69, 9.17) is 0 Å². The highest BCUT2D eigenvalue weighted by molar-refractivity contribution is 6.04. The lowest BCUT2D eigenvalue weighted by Gasteiger charge is -2.08. The number of rotatable bonds is 6. The van der Waals surface area contributed by atoms with Crippen LogP contribution in [0, 0.1) is 0 Å². The van der Waals surface area contributed by atoms with Crippen molar-refractivity contribution in [2.75, 3.05) is 10.6 Å². The third-order valence-electron chi connectivity index (χ3n) is 4.21. The Balaban J connectivity index is 1.63. The zero-order valence-corrected chi connectivity index (χ0v) is 15.3. The van der Waals surface area contributed by atoms with Crippen LogP contribution >= 0.6 is 0 Å². The number of nitrogens with one attached hydrogen (secondary N) is 2. The van der Waals surface area contributed by atoms with Gasteiger partial charge in [-0.3, -0.25) is 9.59 Å². The normalized spacial score (nSPS) is 10.3. The van der Waals surface area contributed by atoms with Crippen LogP contribution in [0.25, 0.3) is 0 Å². The van der Waals surface area contributed by atoms with Crippen molar-refractivity contribution in [3.8, 4) is 0 Å². The number of carbonyl (C=O) groups excluding carboxylic acids is 2. The van der Waals surface area contributed by atoms with Gasteiger partial charge in [-0.2, -0.15) is 0 Å². The van der Waals surface area contributed by atoms with Crippen LogP contribution in [0.2, 0.25) is 0 Å². The largest absolute Gasteiger partial charge is 0.340 e. The molecule has 1 amide bonds. The minimum Gasteiger partial charge on any atom is -0.340 e. The summed E-state index contributed by atoms with van der Waals surface area (Å²) in [7, 11) is 0. The predicted octanol–water partition coefficient (Wildman–Crippen LogP) is 4.84. The highest BCUT2D eigenvalue weighted by Crippen LogP contribution is 2.17. The number of nitrogens with zero attached hydrogens (tertiary/aromatic N) is 1. The number of Topliss-reactive ketones (excluding diaryl/α,β-unsaturated/α-hetero) is 1. The Morgan fingerprint density at radius 3 is 2.04 bits per heavy atom. The maximum atomic E-state index is 12.3. The Morgan fingerprint density at radius 2 is 1.48 bits per heavy atom. The molecule has 2 N–H and O–H groups in total. The molecule has 0 unspecified atom stereocenters. The van der Waals surface area contributed by atoms with Crippen LogP contribution in [0.15, 0.2) is 66.9 Å². The molecule has 0 radical (unpaired) electrons. The summed E-state index contributed by atoms with van der Waals surface area (Å²) < 4.78 is 0. The number of aryl methyl sites for hydroxylation is 1. The number of amides is 1. The van der Waals surface area contributed by atoms with Gasteiger partial charge in [-0.1, -0.05) is 19.1 Å². The van der Waals surface area contributed by atoms with E-state index < -0.39 is 0 Å². The van der Waals surface area contributed by atoms with Gasteiger partial charge in [-0.25, -0.2) is 4.98 Å². The topological polar surface area (TPSA) is 71.1 Å². The fraction of sp³-hybridized carbons (Fsp3) is 0.136. The number of hydrogen-bond donors (Lipinski definition) is 2. The van der Waals surface area contributed by atoms with Crippen LogP contribution in [0.5, 0.6) is 0 Å². The Morgan fingerprint density at radius 1 is 0.852 bits per heavy atom. The van der Waals surface area contributed by atoms with E-state index in [1.54, 1.807) is 24.3 Å². The summed E-state index contributed by atoms with van der Waals surface area (Å²) in [6.45, 7) is 3.62. The fourth-order valence-corrected chi connectivity index (χ4v) is 2.57. The van der Waals surface area contributed by atoms with Crippen LogP contribution in [-0.4, -0.2) is 16.7 Å². The molecule has 1 aromatic heterocycles. The van der Waals surface area contributed by atoms with Crippen LogP contribution in [0.3, 0.4) is 0 Å². The third kappa shape index (κ3) is 4.79. The van der Waals surface area contributed by atoms with E-state index in [1.807, 2.05) is 36.4 Å². The van der Waals surface area contributed by atoms with Gasteiger partial charge in [-0.05, 0) is 67.4 Å². The van der Waals surface area contributed by atoms with Crippen molar-refractivity contribution >= 4 is 28.9 Å². The molecule has 0 fully saturated rings. The molecule has 0 aliphatic rings. The zero-order chi connectivity index (χ0) is 19.2. The number of anilines is 3. The number of ketones is 1. The first-order valence-corrected chi connectivity index (χ1v) is 8.79. The molecule has 0 aliphatic heterocycles. The van der Waals surface area contributed by atoms with Crippen molar-refractivity contribution in [1.82, 2.24) is 4.98 Å². The first-order valence-electron chi connectivity index (χ1n) is 8.79. The van der Waals surface area contributed by atoms with E-state index in [0.717, 1.165) is 17.8 Å². The second-order valence-corrected chi connectivity index (χ2v) is 6.20. The molecule has 0 saturated heterocycles. The van der Waals surface area contributed by atoms with Gasteiger partial charge in [0.25, 0.3) is 5.91 Å². The van der Waals surface area contributed by atoms with E-state index >= 15 is 0 Å². The molecule has 5 nitrogen and oxygen atoms in total. The van der Waals surface area contributed by atoms with E-state index in [2.05, 4.69) is 22.5 Å². The quantitative estimate of drug-likeness (QED) is 0.618. The molecule has 5 heteroatoms. The molecule has 0 aliphatic carbocycles. The molecular weight excluding hydrogens is 338 g/mol. The van der Waals surface area contributed by atoms with Gasteiger partial charge in [-0.15, -0.1) is 0 Å². The maximum Gasteiger partial charge on any atom is 0.257 e. The first-order chi connectivity index (χ1) is 13.0. The Bertz CT molecular complexity index is 931. The van der Waals surface area contributed by atoms with Crippen LogP contribution in [0.1, 0.15) is 40.1 Å². The number of aromatic nitrogens is 1. The summed E-state index contributed by atoms with van der Waals surface area (Å²) in [5.74, 6) is 0.443. The average molecular weight is 359 g/mol. The number of benzene rings is 2. The smallest absolute Gasteiger partial charge is 0.257 e. The Labute approximate surface area is 158 Å². The van der Waals surface area contributed by atoms with Gasteiger partial charge in [0.2, 0.25) is 0 Å². The van der Waals surface area contributed by atoms with E-state index in [0.29, 0.717) is 16.9 Å². The van der Waals surface area contributed by atoms with Gasteiger partial charge in [0.1, 0.15) is 5.82 Å². The van der Waals surface area contributed by atoms with Gasteiger partial charge in [0, 0.05) is 23.1 Å². The van der Waals surface area contributed by atoms with Crippen molar-refractivity contribution in [2.45, 2.75) is 20.3 Å². The second-order valence-electron chi connectivity index (χ2n) is 6.20. The van der Waals surface area contributed by atoms with Crippen molar-refractivity contribution < 1.29 is 9.59 Å². The molecule has 3 rings (SSSR count). The van der Waals surface area contributed by atoms with Crippen molar-refractivity contribution in [2.24, 2.45) is 0 Å². The minimum absolute atomic E-state index is 0.0272. The summed E-state index contributed by atoms with van der Waals surface area (Å²) in [6, 6.07) is 18.4.